The van der Waals surface area contributed by atoms with E-state index in [9.17, 15) is 14.4 Å². The minimum absolute atomic E-state index is 0.0181. The van der Waals surface area contributed by atoms with Gasteiger partial charge in [-0.15, -0.1) is 0 Å². The van der Waals surface area contributed by atoms with E-state index in [0.29, 0.717) is 42.7 Å². The molecule has 32 heavy (non-hydrogen) atoms. The Labute approximate surface area is 189 Å². The second-order valence-corrected chi connectivity index (χ2v) is 8.56. The molecule has 2 aromatic rings. The van der Waals surface area contributed by atoms with Gasteiger partial charge in [0, 0.05) is 50.7 Å². The number of carbonyl (C=O) groups is 3. The van der Waals surface area contributed by atoms with Crippen LogP contribution in [0.1, 0.15) is 33.6 Å². The molecule has 168 valence electrons. The number of likely N-dealkylation sites (tertiary alicyclic amines) is 1. The van der Waals surface area contributed by atoms with Gasteiger partial charge >= 0.3 is 0 Å². The van der Waals surface area contributed by atoms with E-state index in [1.807, 2.05) is 11.0 Å². The van der Waals surface area contributed by atoms with E-state index in [1.54, 1.807) is 53.4 Å². The molecule has 2 heterocycles. The molecule has 2 aromatic carbocycles. The van der Waals surface area contributed by atoms with E-state index in [2.05, 4.69) is 17.3 Å². The molecule has 0 unspecified atom stereocenters. The maximum absolute atomic E-state index is 13.2. The Morgan fingerprint density at radius 2 is 1.41 bits per heavy atom. The minimum Gasteiger partial charge on any atom is -0.340 e. The van der Waals surface area contributed by atoms with Crippen molar-refractivity contribution >= 4 is 23.4 Å². The van der Waals surface area contributed by atoms with Crippen molar-refractivity contribution in [3.05, 3.63) is 65.7 Å². The first-order valence-corrected chi connectivity index (χ1v) is 11.2. The van der Waals surface area contributed by atoms with Crippen LogP contribution in [0.3, 0.4) is 0 Å². The zero-order valence-electron chi connectivity index (χ0n) is 18.5. The number of amides is 3. The standard InChI is InChI=1S/C25H30N4O3/c1-27-15-17-29(18-16-27)24(31)20-11-13-28(14-12-20)25(32)21-9-5-6-10-22(21)26-23(30)19-7-3-2-4-8-19/h2-10,20H,11-18H2,1H3,(H,26,30). The highest BCUT2D eigenvalue weighted by Crippen LogP contribution is 2.24. The fourth-order valence-corrected chi connectivity index (χ4v) is 4.35. The van der Waals surface area contributed by atoms with Crippen LogP contribution in [0.2, 0.25) is 0 Å². The van der Waals surface area contributed by atoms with E-state index in [1.165, 1.54) is 0 Å². The van der Waals surface area contributed by atoms with Crippen LogP contribution in [0.5, 0.6) is 0 Å². The zero-order chi connectivity index (χ0) is 22.5. The average Bonchev–Trinajstić information content (AvgIpc) is 2.84. The third-order valence-electron chi connectivity index (χ3n) is 6.39. The van der Waals surface area contributed by atoms with Gasteiger partial charge in [-0.25, -0.2) is 0 Å². The largest absolute Gasteiger partial charge is 0.340 e. The van der Waals surface area contributed by atoms with Crippen LogP contribution < -0.4 is 5.32 Å². The number of para-hydroxylation sites is 1. The summed E-state index contributed by atoms with van der Waals surface area (Å²) in [5.41, 5.74) is 1.51. The molecule has 7 nitrogen and oxygen atoms in total. The maximum Gasteiger partial charge on any atom is 0.255 e. The summed E-state index contributed by atoms with van der Waals surface area (Å²) in [6, 6.07) is 16.0. The first-order valence-electron chi connectivity index (χ1n) is 11.2. The fourth-order valence-electron chi connectivity index (χ4n) is 4.35. The highest BCUT2D eigenvalue weighted by molar-refractivity contribution is 6.09. The second kappa shape index (κ2) is 9.96. The summed E-state index contributed by atoms with van der Waals surface area (Å²) in [6.07, 6.45) is 1.35. The SMILES string of the molecule is CN1CCN(C(=O)C2CCN(C(=O)c3ccccc3NC(=O)c3ccccc3)CC2)CC1. The quantitative estimate of drug-likeness (QED) is 0.803. The zero-order valence-corrected chi connectivity index (χ0v) is 18.5. The lowest BCUT2D eigenvalue weighted by atomic mass is 9.94. The molecule has 1 N–H and O–H groups in total. The van der Waals surface area contributed by atoms with Crippen molar-refractivity contribution in [1.29, 1.82) is 0 Å². The molecule has 0 bridgehead atoms. The van der Waals surface area contributed by atoms with Gasteiger partial charge in [-0.1, -0.05) is 30.3 Å². The number of piperidine rings is 1. The van der Waals surface area contributed by atoms with Crippen molar-refractivity contribution in [3.8, 4) is 0 Å². The average molecular weight is 435 g/mol. The van der Waals surface area contributed by atoms with Gasteiger partial charge in [0.15, 0.2) is 0 Å². The molecule has 0 atom stereocenters. The molecule has 0 radical (unpaired) electrons. The first kappa shape index (κ1) is 22.0. The van der Waals surface area contributed by atoms with Gasteiger partial charge in [0.2, 0.25) is 5.91 Å². The Morgan fingerprint density at radius 1 is 0.781 bits per heavy atom. The van der Waals surface area contributed by atoms with Gasteiger partial charge in [0.25, 0.3) is 11.8 Å². The van der Waals surface area contributed by atoms with Crippen molar-refractivity contribution < 1.29 is 14.4 Å². The van der Waals surface area contributed by atoms with Gasteiger partial charge in [-0.05, 0) is 44.2 Å². The Bertz CT molecular complexity index is 962. The fraction of sp³-hybridized carbons (Fsp3) is 0.400. The number of anilines is 1. The van der Waals surface area contributed by atoms with Crippen LogP contribution in [0, 0.1) is 5.92 Å². The number of carbonyl (C=O) groups excluding carboxylic acids is 3. The summed E-state index contributed by atoms with van der Waals surface area (Å²) in [5.74, 6) is -0.155. The van der Waals surface area contributed by atoms with Crippen LogP contribution >= 0.6 is 0 Å². The first-order chi connectivity index (χ1) is 15.5. The molecule has 4 rings (SSSR count). The van der Waals surface area contributed by atoms with Gasteiger partial charge in [-0.2, -0.15) is 0 Å². The predicted octanol–water partition coefficient (Wildman–Crippen LogP) is 2.57. The molecular weight excluding hydrogens is 404 g/mol. The number of benzene rings is 2. The number of likely N-dealkylation sites (N-methyl/N-ethyl adjacent to an activating group) is 1. The van der Waals surface area contributed by atoms with E-state index in [-0.39, 0.29) is 23.6 Å². The van der Waals surface area contributed by atoms with Crippen LogP contribution in [0.4, 0.5) is 5.69 Å². The minimum atomic E-state index is -0.248. The van der Waals surface area contributed by atoms with Crippen LogP contribution in [-0.2, 0) is 4.79 Å². The van der Waals surface area contributed by atoms with Gasteiger partial charge in [0.05, 0.1) is 11.3 Å². The second-order valence-electron chi connectivity index (χ2n) is 8.56. The van der Waals surface area contributed by atoms with Crippen LogP contribution in [-0.4, -0.2) is 78.7 Å². The molecule has 0 aromatic heterocycles. The lowest BCUT2D eigenvalue weighted by Crippen LogP contribution is -2.51. The summed E-state index contributed by atoms with van der Waals surface area (Å²) >= 11 is 0. The van der Waals surface area contributed by atoms with E-state index < -0.39 is 0 Å². The normalized spacial score (nSPS) is 17.8. The number of piperazine rings is 1. The molecule has 7 heteroatoms. The topological polar surface area (TPSA) is 73.0 Å². The van der Waals surface area contributed by atoms with Crippen molar-refractivity contribution in [2.24, 2.45) is 5.92 Å². The summed E-state index contributed by atoms with van der Waals surface area (Å²) in [6.45, 7) is 4.48. The smallest absolute Gasteiger partial charge is 0.255 e. The highest BCUT2D eigenvalue weighted by Gasteiger charge is 2.32. The third kappa shape index (κ3) is 4.99. The molecule has 2 fully saturated rings. The Balaban J connectivity index is 1.37. The van der Waals surface area contributed by atoms with Crippen molar-refractivity contribution in [1.82, 2.24) is 14.7 Å². The molecule has 3 amide bonds. The van der Waals surface area contributed by atoms with E-state index in [4.69, 9.17) is 0 Å². The van der Waals surface area contributed by atoms with Crippen molar-refractivity contribution in [2.45, 2.75) is 12.8 Å². The monoisotopic (exact) mass is 434 g/mol. The molecule has 2 aliphatic rings. The number of nitrogens with zero attached hydrogens (tertiary/aromatic N) is 3. The molecule has 2 aliphatic heterocycles. The Kier molecular flexibility index (Phi) is 6.85. The lowest BCUT2D eigenvalue weighted by molar-refractivity contribution is -0.138. The predicted molar refractivity (Wildman–Crippen MR) is 124 cm³/mol. The highest BCUT2D eigenvalue weighted by atomic mass is 16.2. The molecule has 0 aliphatic carbocycles. The summed E-state index contributed by atoms with van der Waals surface area (Å²) < 4.78 is 0. The number of rotatable bonds is 4. The summed E-state index contributed by atoms with van der Waals surface area (Å²) in [7, 11) is 2.08. The van der Waals surface area contributed by atoms with Gasteiger partial charge < -0.3 is 20.0 Å². The van der Waals surface area contributed by atoms with E-state index >= 15 is 0 Å². The van der Waals surface area contributed by atoms with Crippen molar-refractivity contribution in [3.63, 3.8) is 0 Å². The van der Waals surface area contributed by atoms with E-state index in [0.717, 1.165) is 26.2 Å². The molecule has 2 saturated heterocycles. The molecular formula is C25H30N4O3. The van der Waals surface area contributed by atoms with Crippen molar-refractivity contribution in [2.75, 3.05) is 51.6 Å². The summed E-state index contributed by atoms with van der Waals surface area (Å²) in [5, 5.41) is 2.87. The number of hydrogen-bond donors (Lipinski definition) is 1. The Hall–Kier alpha value is -3.19. The lowest BCUT2D eigenvalue weighted by Gasteiger charge is -2.37. The van der Waals surface area contributed by atoms with Crippen LogP contribution in [0.25, 0.3) is 0 Å². The molecule has 0 saturated carbocycles. The van der Waals surface area contributed by atoms with Gasteiger partial charge in [0.1, 0.15) is 0 Å². The van der Waals surface area contributed by atoms with Gasteiger partial charge in [-0.3, -0.25) is 14.4 Å². The number of hydrogen-bond acceptors (Lipinski definition) is 4. The Morgan fingerprint density at radius 3 is 2.09 bits per heavy atom. The molecule has 0 spiro atoms. The maximum atomic E-state index is 13.2. The number of nitrogens with one attached hydrogen (secondary N) is 1. The van der Waals surface area contributed by atoms with Crippen LogP contribution in [0.15, 0.2) is 54.6 Å². The summed E-state index contributed by atoms with van der Waals surface area (Å²) in [4.78, 5) is 44.7. The third-order valence-corrected chi connectivity index (χ3v) is 6.39.